The number of carbonyl (C=O) groups excluding carboxylic acids is 1. The van der Waals surface area contributed by atoms with E-state index in [9.17, 15) is 4.79 Å². The van der Waals surface area contributed by atoms with Crippen LogP contribution in [0.4, 0.5) is 4.79 Å². The number of hydrogen-bond donors (Lipinski definition) is 0. The third-order valence-corrected chi connectivity index (χ3v) is 9.42. The molecule has 1 fully saturated rings. The number of benzene rings is 1. The number of amides is 1. The van der Waals surface area contributed by atoms with Crippen molar-refractivity contribution >= 4 is 20.6 Å². The Morgan fingerprint density at radius 3 is 2.32 bits per heavy atom. The SMILES string of the molecule is CC(C)(C)/C=N/C(=C\N1C(=O)OC[C@@H]1c1ccccc1)O[Si](C)(C)C(C)(C)C. The number of nitrogens with zero attached hydrogens (tertiary/aromatic N) is 2. The summed E-state index contributed by atoms with van der Waals surface area (Å²) in [6.07, 6.45) is 3.19. The summed E-state index contributed by atoms with van der Waals surface area (Å²) in [5.74, 6) is 0.460. The van der Waals surface area contributed by atoms with E-state index in [1.165, 1.54) is 0 Å². The number of rotatable bonds is 5. The predicted molar refractivity (Wildman–Crippen MR) is 117 cm³/mol. The van der Waals surface area contributed by atoms with Crippen LogP contribution >= 0.6 is 0 Å². The second-order valence-electron chi connectivity index (χ2n) is 9.86. The van der Waals surface area contributed by atoms with Gasteiger partial charge in [0.2, 0.25) is 5.88 Å². The van der Waals surface area contributed by atoms with Crippen LogP contribution in [0.15, 0.2) is 47.4 Å². The summed E-state index contributed by atoms with van der Waals surface area (Å²) in [5.41, 5.74) is 0.927. The van der Waals surface area contributed by atoms with Crippen LogP contribution in [0.25, 0.3) is 0 Å². The zero-order valence-electron chi connectivity index (χ0n) is 18.4. The van der Waals surface area contributed by atoms with Gasteiger partial charge >= 0.3 is 6.09 Å². The van der Waals surface area contributed by atoms with Crippen molar-refractivity contribution in [3.8, 4) is 0 Å². The summed E-state index contributed by atoms with van der Waals surface area (Å²) in [5, 5.41) is 0.0215. The Kier molecular flexibility index (Phi) is 6.43. The Hall–Kier alpha value is -2.08. The molecule has 0 aromatic heterocycles. The lowest BCUT2D eigenvalue weighted by molar-refractivity contribution is 0.165. The standard InChI is InChI=1S/C22H34N2O3Si/c1-21(2,3)16-23-19(27-28(7,8)22(4,5)6)14-24-18(15-26-20(24)25)17-12-10-9-11-13-17/h9-14,16,18H,15H2,1-8H3/b19-14+,23-16+/t18-/m1/s1. The molecule has 1 heterocycles. The number of aliphatic imine (C=N–C) groups is 1. The maximum absolute atomic E-state index is 12.4. The molecule has 0 saturated carbocycles. The largest absolute Gasteiger partial charge is 0.530 e. The molecule has 1 atom stereocenters. The molecule has 6 heteroatoms. The zero-order valence-corrected chi connectivity index (χ0v) is 19.4. The summed E-state index contributed by atoms with van der Waals surface area (Å²) >= 11 is 0. The zero-order chi connectivity index (χ0) is 21.2. The van der Waals surface area contributed by atoms with Crippen molar-refractivity contribution in [2.45, 2.75) is 65.7 Å². The molecule has 5 nitrogen and oxygen atoms in total. The van der Waals surface area contributed by atoms with Gasteiger partial charge in [-0.2, -0.15) is 0 Å². The average molecular weight is 403 g/mol. The third-order valence-electron chi connectivity index (χ3n) is 5.09. The molecule has 0 radical (unpaired) electrons. The summed E-state index contributed by atoms with van der Waals surface area (Å²) in [6, 6.07) is 9.70. The molecule has 0 N–H and O–H groups in total. The minimum atomic E-state index is -2.12. The van der Waals surface area contributed by atoms with E-state index in [-0.39, 0.29) is 22.6 Å². The molecule has 0 spiro atoms. The fourth-order valence-electron chi connectivity index (χ4n) is 2.38. The van der Waals surface area contributed by atoms with E-state index in [4.69, 9.17) is 9.16 Å². The molecular formula is C22H34N2O3Si. The van der Waals surface area contributed by atoms with Gasteiger partial charge in [-0.15, -0.1) is 0 Å². The normalized spacial score (nSPS) is 19.3. The van der Waals surface area contributed by atoms with Gasteiger partial charge in [0.05, 0.1) is 12.2 Å². The minimum Gasteiger partial charge on any atom is -0.530 e. The Labute approximate surface area is 170 Å². The molecule has 2 rings (SSSR count). The van der Waals surface area contributed by atoms with Crippen LogP contribution in [0.3, 0.4) is 0 Å². The summed E-state index contributed by atoms with van der Waals surface area (Å²) in [4.78, 5) is 18.6. The van der Waals surface area contributed by atoms with E-state index in [2.05, 4.69) is 59.6 Å². The quantitative estimate of drug-likeness (QED) is 0.339. The topological polar surface area (TPSA) is 51.1 Å². The summed E-state index contributed by atoms with van der Waals surface area (Å²) in [6.45, 7) is 17.4. The van der Waals surface area contributed by atoms with Crippen molar-refractivity contribution in [3.63, 3.8) is 0 Å². The maximum Gasteiger partial charge on any atom is 0.414 e. The van der Waals surface area contributed by atoms with Gasteiger partial charge in [0.15, 0.2) is 0 Å². The van der Waals surface area contributed by atoms with E-state index >= 15 is 0 Å². The molecule has 0 aliphatic carbocycles. The summed E-state index contributed by atoms with van der Waals surface area (Å²) < 4.78 is 11.8. The Morgan fingerprint density at radius 2 is 1.79 bits per heavy atom. The molecular weight excluding hydrogens is 368 g/mol. The van der Waals surface area contributed by atoms with Crippen LogP contribution in [0.2, 0.25) is 18.1 Å². The fourth-order valence-corrected chi connectivity index (χ4v) is 3.32. The highest BCUT2D eigenvalue weighted by molar-refractivity contribution is 6.74. The van der Waals surface area contributed by atoms with E-state index in [0.29, 0.717) is 12.5 Å². The fraction of sp³-hybridized carbons (Fsp3) is 0.545. The number of carbonyl (C=O) groups is 1. The monoisotopic (exact) mass is 402 g/mol. The van der Waals surface area contributed by atoms with Crippen LogP contribution in [0.5, 0.6) is 0 Å². The van der Waals surface area contributed by atoms with E-state index in [1.54, 1.807) is 11.1 Å². The smallest absolute Gasteiger partial charge is 0.414 e. The molecule has 154 valence electrons. The van der Waals surface area contributed by atoms with Crippen molar-refractivity contribution in [3.05, 3.63) is 48.0 Å². The third kappa shape index (κ3) is 5.71. The first-order valence-corrected chi connectivity index (χ1v) is 12.7. The van der Waals surface area contributed by atoms with Crippen LogP contribution < -0.4 is 0 Å². The molecule has 0 unspecified atom stereocenters. The number of hydrogen-bond acceptors (Lipinski definition) is 4. The van der Waals surface area contributed by atoms with Crippen LogP contribution in [0.1, 0.15) is 53.1 Å². The Morgan fingerprint density at radius 1 is 1.18 bits per heavy atom. The van der Waals surface area contributed by atoms with Crippen LogP contribution in [-0.2, 0) is 9.16 Å². The van der Waals surface area contributed by atoms with Gasteiger partial charge in [0.1, 0.15) is 6.61 Å². The molecule has 1 aromatic carbocycles. The van der Waals surface area contributed by atoms with Gasteiger partial charge in [0.25, 0.3) is 8.32 Å². The van der Waals surface area contributed by atoms with Gasteiger partial charge in [-0.25, -0.2) is 9.79 Å². The average Bonchev–Trinajstić information content (AvgIpc) is 2.92. The first-order chi connectivity index (χ1) is 12.8. The first-order valence-electron chi connectivity index (χ1n) is 9.76. The Bertz CT molecular complexity index is 743. The highest BCUT2D eigenvalue weighted by Crippen LogP contribution is 2.38. The lowest BCUT2D eigenvalue weighted by Crippen LogP contribution is -2.40. The molecule has 1 aliphatic rings. The lowest BCUT2D eigenvalue weighted by atomic mass is 9.99. The van der Waals surface area contributed by atoms with E-state index < -0.39 is 8.32 Å². The van der Waals surface area contributed by atoms with Crippen molar-refractivity contribution in [2.75, 3.05) is 6.61 Å². The van der Waals surface area contributed by atoms with Gasteiger partial charge in [-0.05, 0) is 29.1 Å². The van der Waals surface area contributed by atoms with Gasteiger partial charge in [0, 0.05) is 6.21 Å². The van der Waals surface area contributed by atoms with E-state index in [1.807, 2.05) is 36.5 Å². The van der Waals surface area contributed by atoms with Crippen molar-refractivity contribution < 1.29 is 14.0 Å². The van der Waals surface area contributed by atoms with E-state index in [0.717, 1.165) is 5.56 Å². The van der Waals surface area contributed by atoms with Crippen molar-refractivity contribution in [1.82, 2.24) is 4.90 Å². The molecule has 1 saturated heterocycles. The molecule has 0 bridgehead atoms. The van der Waals surface area contributed by atoms with Crippen molar-refractivity contribution in [2.24, 2.45) is 10.4 Å². The van der Waals surface area contributed by atoms with Crippen LogP contribution in [0, 0.1) is 5.41 Å². The van der Waals surface area contributed by atoms with Gasteiger partial charge in [-0.3, -0.25) is 4.90 Å². The molecule has 1 aromatic rings. The Balaban J connectivity index is 2.41. The molecule has 28 heavy (non-hydrogen) atoms. The number of ether oxygens (including phenoxy) is 1. The summed E-state index contributed by atoms with van der Waals surface area (Å²) in [7, 11) is -2.12. The van der Waals surface area contributed by atoms with Gasteiger partial charge in [-0.1, -0.05) is 71.9 Å². The van der Waals surface area contributed by atoms with Gasteiger partial charge < -0.3 is 9.16 Å². The van der Waals surface area contributed by atoms with Crippen molar-refractivity contribution in [1.29, 1.82) is 0 Å². The predicted octanol–water partition coefficient (Wildman–Crippen LogP) is 6.12. The second kappa shape index (κ2) is 8.11. The number of cyclic esters (lactones) is 1. The molecule has 1 amide bonds. The highest BCUT2D eigenvalue weighted by Gasteiger charge is 2.40. The highest BCUT2D eigenvalue weighted by atomic mass is 28.4. The minimum absolute atomic E-state index is 0.0215. The first kappa shape index (κ1) is 22.2. The second-order valence-corrected chi connectivity index (χ2v) is 14.6. The molecule has 1 aliphatic heterocycles. The maximum atomic E-state index is 12.4. The van der Waals surface area contributed by atoms with Crippen LogP contribution in [-0.4, -0.2) is 32.1 Å². The lowest BCUT2D eigenvalue weighted by Gasteiger charge is -2.36.